The van der Waals surface area contributed by atoms with Crippen molar-refractivity contribution >= 4 is 0 Å². The van der Waals surface area contributed by atoms with Gasteiger partial charge >= 0.3 is 0 Å². The topological polar surface area (TPSA) is 46.2 Å². The fourth-order valence-electron chi connectivity index (χ4n) is 1.26. The molecule has 14 heavy (non-hydrogen) atoms. The van der Waals surface area contributed by atoms with Crippen LogP contribution in [-0.4, -0.2) is 17.6 Å². The lowest BCUT2D eigenvalue weighted by Gasteiger charge is -2.22. The maximum absolute atomic E-state index is 13.0. The summed E-state index contributed by atoms with van der Waals surface area (Å²) in [7, 11) is 0. The first-order chi connectivity index (χ1) is 6.49. The summed E-state index contributed by atoms with van der Waals surface area (Å²) in [6.07, 6.45) is 0. The van der Waals surface area contributed by atoms with Crippen molar-refractivity contribution in [3.63, 3.8) is 0 Å². The number of alkyl halides is 2. The Morgan fingerprint density at radius 1 is 1.43 bits per heavy atom. The van der Waals surface area contributed by atoms with Crippen LogP contribution in [0, 0.1) is 6.92 Å². The SMILES string of the molecule is Cc1ccccc1[C@H](N)C(F)(F)CO. The Morgan fingerprint density at radius 3 is 2.50 bits per heavy atom. The van der Waals surface area contributed by atoms with E-state index in [1.54, 1.807) is 31.2 Å². The second-order valence-electron chi connectivity index (χ2n) is 3.25. The first-order valence-corrected chi connectivity index (χ1v) is 4.29. The molecule has 0 fully saturated rings. The van der Waals surface area contributed by atoms with Gasteiger partial charge in [-0.25, -0.2) is 8.78 Å². The summed E-state index contributed by atoms with van der Waals surface area (Å²) in [6, 6.07) is 5.21. The average molecular weight is 201 g/mol. The molecule has 0 radical (unpaired) electrons. The molecule has 2 nitrogen and oxygen atoms in total. The van der Waals surface area contributed by atoms with Gasteiger partial charge in [0.05, 0.1) is 6.04 Å². The molecule has 1 aromatic rings. The van der Waals surface area contributed by atoms with Gasteiger partial charge in [-0.15, -0.1) is 0 Å². The van der Waals surface area contributed by atoms with Crippen LogP contribution in [0.1, 0.15) is 17.2 Å². The third-order valence-electron chi connectivity index (χ3n) is 2.19. The van der Waals surface area contributed by atoms with Crippen molar-refractivity contribution in [1.29, 1.82) is 0 Å². The summed E-state index contributed by atoms with van der Waals surface area (Å²) < 4.78 is 26.1. The van der Waals surface area contributed by atoms with Gasteiger partial charge in [0.25, 0.3) is 5.92 Å². The first kappa shape index (κ1) is 11.1. The highest BCUT2D eigenvalue weighted by Crippen LogP contribution is 2.30. The molecule has 0 aliphatic carbocycles. The van der Waals surface area contributed by atoms with Crippen molar-refractivity contribution in [2.45, 2.75) is 18.9 Å². The van der Waals surface area contributed by atoms with Gasteiger partial charge in [0.1, 0.15) is 6.61 Å². The number of benzene rings is 1. The van der Waals surface area contributed by atoms with Crippen LogP contribution < -0.4 is 5.73 Å². The molecule has 78 valence electrons. The molecule has 0 bridgehead atoms. The van der Waals surface area contributed by atoms with Crippen LogP contribution in [-0.2, 0) is 0 Å². The molecular formula is C10H13F2NO. The molecule has 1 atom stereocenters. The molecule has 0 spiro atoms. The quantitative estimate of drug-likeness (QED) is 0.780. The number of nitrogens with two attached hydrogens (primary N) is 1. The minimum atomic E-state index is -3.27. The molecule has 1 aromatic carbocycles. The van der Waals surface area contributed by atoms with Crippen molar-refractivity contribution in [1.82, 2.24) is 0 Å². The Morgan fingerprint density at radius 2 is 2.00 bits per heavy atom. The van der Waals surface area contributed by atoms with Gasteiger partial charge in [0.2, 0.25) is 0 Å². The second-order valence-corrected chi connectivity index (χ2v) is 3.25. The van der Waals surface area contributed by atoms with Crippen molar-refractivity contribution < 1.29 is 13.9 Å². The van der Waals surface area contributed by atoms with Crippen LogP contribution in [0.2, 0.25) is 0 Å². The standard InChI is InChI=1S/C10H13F2NO/c1-7-4-2-3-5-8(7)9(13)10(11,12)6-14/h2-5,9,14H,6,13H2,1H3/t9-/m0/s1. The molecule has 0 heterocycles. The summed E-state index contributed by atoms with van der Waals surface area (Å²) in [5.41, 5.74) is 6.44. The van der Waals surface area contributed by atoms with E-state index in [1.165, 1.54) is 0 Å². The third kappa shape index (κ3) is 2.08. The van der Waals surface area contributed by atoms with Crippen LogP contribution in [0.25, 0.3) is 0 Å². The first-order valence-electron chi connectivity index (χ1n) is 4.29. The van der Waals surface area contributed by atoms with Gasteiger partial charge < -0.3 is 10.8 Å². The van der Waals surface area contributed by atoms with E-state index in [0.717, 1.165) is 0 Å². The highest BCUT2D eigenvalue weighted by atomic mass is 19.3. The molecular weight excluding hydrogens is 188 g/mol. The molecule has 0 unspecified atom stereocenters. The Hall–Kier alpha value is -1.00. The summed E-state index contributed by atoms with van der Waals surface area (Å²) in [5.74, 6) is -3.27. The zero-order chi connectivity index (χ0) is 10.8. The molecule has 1 rings (SSSR count). The van der Waals surface area contributed by atoms with Crippen LogP contribution in [0.5, 0.6) is 0 Å². The van der Waals surface area contributed by atoms with Gasteiger partial charge in [0.15, 0.2) is 0 Å². The largest absolute Gasteiger partial charge is 0.390 e. The highest BCUT2D eigenvalue weighted by Gasteiger charge is 2.37. The third-order valence-corrected chi connectivity index (χ3v) is 2.19. The Balaban J connectivity index is 3.00. The van der Waals surface area contributed by atoms with E-state index in [9.17, 15) is 8.78 Å². The van der Waals surface area contributed by atoms with E-state index in [2.05, 4.69) is 0 Å². The van der Waals surface area contributed by atoms with Crippen LogP contribution >= 0.6 is 0 Å². The molecule has 0 saturated heterocycles. The lowest BCUT2D eigenvalue weighted by molar-refractivity contribution is -0.0713. The number of halogens is 2. The number of aliphatic hydroxyl groups is 1. The van der Waals surface area contributed by atoms with Gasteiger partial charge in [-0.3, -0.25) is 0 Å². The lowest BCUT2D eigenvalue weighted by Crippen LogP contribution is -2.36. The predicted octanol–water partition coefficient (Wildman–Crippen LogP) is 1.62. The highest BCUT2D eigenvalue weighted by molar-refractivity contribution is 5.29. The van der Waals surface area contributed by atoms with E-state index in [-0.39, 0.29) is 0 Å². The summed E-state index contributed by atoms with van der Waals surface area (Å²) in [6.45, 7) is 0.477. The Labute approximate surface area is 81.4 Å². The fraction of sp³-hybridized carbons (Fsp3) is 0.400. The molecule has 3 N–H and O–H groups in total. The monoisotopic (exact) mass is 201 g/mol. The number of aryl methyl sites for hydroxylation is 1. The zero-order valence-corrected chi connectivity index (χ0v) is 7.87. The minimum Gasteiger partial charge on any atom is -0.390 e. The molecule has 0 aliphatic rings. The normalized spacial score (nSPS) is 14.1. The molecule has 4 heteroatoms. The fourth-order valence-corrected chi connectivity index (χ4v) is 1.26. The van der Waals surface area contributed by atoms with Gasteiger partial charge in [-0.2, -0.15) is 0 Å². The Bertz CT molecular complexity index is 315. The average Bonchev–Trinajstić information content (AvgIpc) is 2.17. The maximum Gasteiger partial charge on any atom is 0.289 e. The number of aliphatic hydroxyl groups excluding tert-OH is 1. The van der Waals surface area contributed by atoms with Gasteiger partial charge in [0, 0.05) is 0 Å². The van der Waals surface area contributed by atoms with Crippen molar-refractivity contribution in [3.05, 3.63) is 35.4 Å². The lowest BCUT2D eigenvalue weighted by atomic mass is 9.97. The van der Waals surface area contributed by atoms with E-state index in [4.69, 9.17) is 10.8 Å². The van der Waals surface area contributed by atoms with Crippen molar-refractivity contribution in [3.8, 4) is 0 Å². The summed E-state index contributed by atoms with van der Waals surface area (Å²) >= 11 is 0. The number of hydrogen-bond acceptors (Lipinski definition) is 2. The van der Waals surface area contributed by atoms with Crippen molar-refractivity contribution in [2.75, 3.05) is 6.61 Å². The molecule has 0 aromatic heterocycles. The van der Waals surface area contributed by atoms with E-state index in [1.807, 2.05) is 0 Å². The smallest absolute Gasteiger partial charge is 0.289 e. The van der Waals surface area contributed by atoms with Crippen molar-refractivity contribution in [2.24, 2.45) is 5.73 Å². The second kappa shape index (κ2) is 4.02. The van der Waals surface area contributed by atoms with Crippen LogP contribution in [0.15, 0.2) is 24.3 Å². The van der Waals surface area contributed by atoms with E-state index >= 15 is 0 Å². The van der Waals surface area contributed by atoms with E-state index in [0.29, 0.717) is 11.1 Å². The zero-order valence-electron chi connectivity index (χ0n) is 7.87. The van der Waals surface area contributed by atoms with Crippen LogP contribution in [0.3, 0.4) is 0 Å². The predicted molar refractivity (Wildman–Crippen MR) is 50.1 cm³/mol. The number of rotatable bonds is 3. The summed E-state index contributed by atoms with van der Waals surface area (Å²) in [5, 5.41) is 8.49. The summed E-state index contributed by atoms with van der Waals surface area (Å²) in [4.78, 5) is 0. The maximum atomic E-state index is 13.0. The number of hydrogen-bond donors (Lipinski definition) is 2. The molecule has 0 amide bonds. The van der Waals surface area contributed by atoms with Gasteiger partial charge in [-0.1, -0.05) is 24.3 Å². The minimum absolute atomic E-state index is 0.367. The molecule has 0 aliphatic heterocycles. The molecule has 0 saturated carbocycles. The van der Waals surface area contributed by atoms with E-state index < -0.39 is 18.6 Å². The van der Waals surface area contributed by atoms with Gasteiger partial charge in [-0.05, 0) is 18.1 Å². The Kier molecular flexibility index (Phi) is 3.18. The van der Waals surface area contributed by atoms with Crippen LogP contribution in [0.4, 0.5) is 8.78 Å².